The Bertz CT molecular complexity index is 202. The summed E-state index contributed by atoms with van der Waals surface area (Å²) in [5.41, 5.74) is 0.408. The quantitative estimate of drug-likeness (QED) is 0.359. The van der Waals surface area contributed by atoms with Crippen molar-refractivity contribution in [2.24, 2.45) is 0 Å². The highest BCUT2D eigenvalue weighted by atomic mass is 16.6. The van der Waals surface area contributed by atoms with Gasteiger partial charge in [-0.25, -0.2) is 4.79 Å². The summed E-state index contributed by atoms with van der Waals surface area (Å²) >= 11 is 0. The van der Waals surface area contributed by atoms with Gasteiger partial charge in [-0.15, -0.1) is 0 Å². The largest absolute Gasteiger partial charge is 0.442 e. The highest BCUT2D eigenvalue weighted by Crippen LogP contribution is 2.18. The van der Waals surface area contributed by atoms with Crippen molar-refractivity contribution >= 4 is 5.97 Å². The molecule has 1 aliphatic rings. The van der Waals surface area contributed by atoms with Crippen molar-refractivity contribution in [2.45, 2.75) is 13.2 Å². The van der Waals surface area contributed by atoms with Crippen molar-refractivity contribution in [1.82, 2.24) is 4.90 Å². The molecule has 0 radical (unpaired) electrons. The van der Waals surface area contributed by atoms with E-state index in [0.29, 0.717) is 12.1 Å². The maximum Gasteiger partial charge on any atom is 0.334 e. The van der Waals surface area contributed by atoms with Crippen LogP contribution in [0.2, 0.25) is 0 Å². The third kappa shape index (κ3) is 2.32. The fourth-order valence-electron chi connectivity index (χ4n) is 0.853. The molecule has 0 amide bonds. The Balaban J connectivity index is 2.19. The molecule has 4 nitrogen and oxygen atoms in total. The number of hydrogen-bond acceptors (Lipinski definition) is 4. The van der Waals surface area contributed by atoms with Crippen molar-refractivity contribution < 1.29 is 14.6 Å². The normalized spacial score (nSPS) is 26.5. The van der Waals surface area contributed by atoms with Crippen LogP contribution < -0.4 is 0 Å². The number of carbonyl (C=O) groups excluding carboxylic acids is 1. The molecule has 0 saturated carbocycles. The minimum absolute atomic E-state index is 0.0983. The zero-order valence-electron chi connectivity index (χ0n) is 7.12. The summed E-state index contributed by atoms with van der Waals surface area (Å²) in [6.45, 7) is 6.46. The molecule has 0 aliphatic carbocycles. The maximum atomic E-state index is 10.9. The van der Waals surface area contributed by atoms with E-state index in [0.717, 1.165) is 6.54 Å². The third-order valence-electron chi connectivity index (χ3n) is 1.64. The van der Waals surface area contributed by atoms with Gasteiger partial charge in [-0.2, -0.15) is 0 Å². The Morgan fingerprint density at radius 1 is 1.83 bits per heavy atom. The number of β-amino-alcohol motifs (C(OH)–C–C–N with tert-alkyl or cyclic N) is 1. The summed E-state index contributed by atoms with van der Waals surface area (Å²) in [7, 11) is 0. The molecule has 0 aromatic rings. The molecule has 0 bridgehead atoms. The second-order valence-corrected chi connectivity index (χ2v) is 2.86. The van der Waals surface area contributed by atoms with E-state index in [4.69, 9.17) is 9.84 Å². The monoisotopic (exact) mass is 171 g/mol. The van der Waals surface area contributed by atoms with Crippen LogP contribution in [0.25, 0.3) is 0 Å². The Morgan fingerprint density at radius 3 is 3.00 bits per heavy atom. The van der Waals surface area contributed by atoms with Gasteiger partial charge in [0.2, 0.25) is 0 Å². The van der Waals surface area contributed by atoms with E-state index in [2.05, 4.69) is 6.58 Å². The molecule has 2 unspecified atom stereocenters. The predicted molar refractivity (Wildman–Crippen MR) is 43.4 cm³/mol. The summed E-state index contributed by atoms with van der Waals surface area (Å²) in [6, 6.07) is 0. The van der Waals surface area contributed by atoms with Gasteiger partial charge in [0.05, 0.1) is 13.2 Å². The van der Waals surface area contributed by atoms with Crippen molar-refractivity contribution in [3.63, 3.8) is 0 Å². The zero-order valence-corrected chi connectivity index (χ0v) is 7.12. The van der Waals surface area contributed by atoms with Crippen LogP contribution in [0.1, 0.15) is 6.92 Å². The van der Waals surface area contributed by atoms with Crippen LogP contribution in [0.5, 0.6) is 0 Å². The molecule has 1 N–H and O–H groups in total. The van der Waals surface area contributed by atoms with E-state index in [1.54, 1.807) is 6.92 Å². The fraction of sp³-hybridized carbons (Fsp3) is 0.625. The lowest BCUT2D eigenvalue weighted by atomic mass is 10.4. The van der Waals surface area contributed by atoms with Crippen molar-refractivity contribution in [2.75, 3.05) is 19.7 Å². The smallest absolute Gasteiger partial charge is 0.334 e. The van der Waals surface area contributed by atoms with Crippen LogP contribution >= 0.6 is 0 Å². The molecular weight excluding hydrogens is 158 g/mol. The van der Waals surface area contributed by atoms with Crippen LogP contribution in [0.15, 0.2) is 12.2 Å². The first-order valence-electron chi connectivity index (χ1n) is 3.86. The zero-order chi connectivity index (χ0) is 9.14. The summed E-state index contributed by atoms with van der Waals surface area (Å²) in [5, 5.41) is 8.54. The van der Waals surface area contributed by atoms with Gasteiger partial charge in [-0.05, 0) is 6.92 Å². The second kappa shape index (κ2) is 3.69. The Hall–Kier alpha value is -0.870. The van der Waals surface area contributed by atoms with Crippen LogP contribution in [0.3, 0.4) is 0 Å². The molecule has 1 aliphatic heterocycles. The van der Waals surface area contributed by atoms with E-state index in [1.165, 1.54) is 0 Å². The first-order chi connectivity index (χ1) is 5.65. The Kier molecular flexibility index (Phi) is 2.83. The molecule has 0 aromatic heterocycles. The van der Waals surface area contributed by atoms with Gasteiger partial charge in [0.1, 0.15) is 0 Å². The number of carbonyl (C=O) groups is 1. The van der Waals surface area contributed by atoms with Crippen molar-refractivity contribution in [3.05, 3.63) is 12.2 Å². The van der Waals surface area contributed by atoms with Gasteiger partial charge < -0.3 is 9.84 Å². The lowest BCUT2D eigenvalue weighted by molar-refractivity contribution is -0.141. The Morgan fingerprint density at radius 2 is 2.50 bits per heavy atom. The van der Waals surface area contributed by atoms with Gasteiger partial charge in [-0.3, -0.25) is 4.90 Å². The number of hydrogen-bond donors (Lipinski definition) is 1. The molecule has 2 atom stereocenters. The van der Waals surface area contributed by atoms with Gasteiger partial charge >= 0.3 is 5.97 Å². The van der Waals surface area contributed by atoms with E-state index >= 15 is 0 Å². The summed E-state index contributed by atoms with van der Waals surface area (Å²) in [6.07, 6.45) is -0.138. The third-order valence-corrected chi connectivity index (χ3v) is 1.64. The lowest BCUT2D eigenvalue weighted by Gasteiger charge is -2.02. The number of esters is 1. The average Bonchev–Trinajstić information content (AvgIpc) is 2.68. The molecule has 1 rings (SSSR count). The molecule has 12 heavy (non-hydrogen) atoms. The highest BCUT2D eigenvalue weighted by molar-refractivity contribution is 5.87. The second-order valence-electron chi connectivity index (χ2n) is 2.86. The summed E-state index contributed by atoms with van der Waals surface area (Å²) < 4.78 is 4.96. The average molecular weight is 171 g/mol. The molecule has 1 heterocycles. The Labute approximate surface area is 71.4 Å². The van der Waals surface area contributed by atoms with Gasteiger partial charge in [0, 0.05) is 12.1 Å². The molecule has 0 aromatic carbocycles. The molecule has 1 saturated heterocycles. The number of aliphatic hydroxyl groups is 1. The number of aliphatic hydroxyl groups excluding tert-OH is 1. The summed E-state index contributed by atoms with van der Waals surface area (Å²) in [5.74, 6) is -0.361. The van der Waals surface area contributed by atoms with E-state index in [-0.39, 0.29) is 18.8 Å². The fourth-order valence-corrected chi connectivity index (χ4v) is 0.853. The molecular formula is C8H13NO3. The highest BCUT2D eigenvalue weighted by Gasteiger charge is 2.36. The number of nitrogens with zero attached hydrogens (tertiary/aromatic N) is 1. The SMILES string of the molecule is C=C(C)C(=O)OC1CN1CCO. The number of ether oxygens (including phenoxy) is 1. The van der Waals surface area contributed by atoms with Crippen LogP contribution in [-0.2, 0) is 9.53 Å². The van der Waals surface area contributed by atoms with Crippen molar-refractivity contribution in [1.29, 1.82) is 0 Å². The van der Waals surface area contributed by atoms with Gasteiger partial charge in [0.25, 0.3) is 0 Å². The number of rotatable bonds is 4. The van der Waals surface area contributed by atoms with Crippen LogP contribution in [0.4, 0.5) is 0 Å². The minimum atomic E-state index is -0.361. The first kappa shape index (κ1) is 9.22. The van der Waals surface area contributed by atoms with Crippen molar-refractivity contribution in [3.8, 4) is 0 Å². The minimum Gasteiger partial charge on any atom is -0.442 e. The molecule has 0 spiro atoms. The first-order valence-corrected chi connectivity index (χ1v) is 3.86. The van der Waals surface area contributed by atoms with E-state index in [9.17, 15) is 4.79 Å². The lowest BCUT2D eigenvalue weighted by Crippen LogP contribution is -2.14. The predicted octanol–water partition coefficient (Wildman–Crippen LogP) is -0.260. The maximum absolute atomic E-state index is 10.9. The molecule has 4 heteroatoms. The van der Waals surface area contributed by atoms with Gasteiger partial charge in [-0.1, -0.05) is 6.58 Å². The van der Waals surface area contributed by atoms with E-state index in [1.807, 2.05) is 4.90 Å². The molecule has 68 valence electrons. The van der Waals surface area contributed by atoms with Crippen LogP contribution in [-0.4, -0.2) is 41.9 Å². The topological polar surface area (TPSA) is 49.5 Å². The summed E-state index contributed by atoms with van der Waals surface area (Å²) in [4.78, 5) is 12.8. The molecule has 1 fully saturated rings. The van der Waals surface area contributed by atoms with Gasteiger partial charge in [0.15, 0.2) is 6.23 Å². The van der Waals surface area contributed by atoms with Crippen LogP contribution in [0, 0.1) is 0 Å². The van der Waals surface area contributed by atoms with E-state index < -0.39 is 0 Å². The standard InChI is InChI=1S/C8H13NO3/c1-6(2)8(11)12-7-5-9(7)3-4-10/h7,10H,1,3-5H2,2H3.